The monoisotopic (exact) mass is 151 g/mol. The first-order valence-electron chi connectivity index (χ1n) is 1.21. The SMILES string of the molecule is [N-]=[N+]=NSC(=S)S. The summed E-state index contributed by atoms with van der Waals surface area (Å²) in [7, 11) is 0. The van der Waals surface area contributed by atoms with E-state index in [1.807, 2.05) is 0 Å². The molecule has 0 unspecified atom stereocenters. The first-order chi connectivity index (χ1) is 3.27. The van der Waals surface area contributed by atoms with Gasteiger partial charge in [0.25, 0.3) is 0 Å². The van der Waals surface area contributed by atoms with Crippen molar-refractivity contribution in [2.45, 2.75) is 0 Å². The van der Waals surface area contributed by atoms with Gasteiger partial charge < -0.3 is 0 Å². The molecule has 0 fully saturated rings. The number of hydrogen-bond donors (Lipinski definition) is 1. The van der Waals surface area contributed by atoms with Gasteiger partial charge in [-0.05, 0) is 22.0 Å². The van der Waals surface area contributed by atoms with Crippen LogP contribution in [0.3, 0.4) is 0 Å². The first-order valence-corrected chi connectivity index (χ1v) is 2.84. The molecule has 0 saturated carbocycles. The van der Waals surface area contributed by atoms with Gasteiger partial charge in [-0.2, -0.15) is 0 Å². The van der Waals surface area contributed by atoms with Gasteiger partial charge in [0.1, 0.15) is 3.53 Å². The molecule has 0 aromatic carbocycles. The Morgan fingerprint density at radius 2 is 2.57 bits per heavy atom. The van der Waals surface area contributed by atoms with Gasteiger partial charge in [0.15, 0.2) is 0 Å². The molecule has 0 aromatic heterocycles. The summed E-state index contributed by atoms with van der Waals surface area (Å²) in [5, 5.41) is 0. The maximum Gasteiger partial charge on any atom is 0.108 e. The van der Waals surface area contributed by atoms with Crippen molar-refractivity contribution in [1.29, 1.82) is 0 Å². The van der Waals surface area contributed by atoms with Crippen LogP contribution in [0.25, 0.3) is 10.4 Å². The minimum absolute atomic E-state index is 0.331. The van der Waals surface area contributed by atoms with Gasteiger partial charge in [-0.3, -0.25) is 0 Å². The molecular formula is CHN3S3. The van der Waals surface area contributed by atoms with Crippen molar-refractivity contribution in [3.63, 3.8) is 0 Å². The smallest absolute Gasteiger partial charge is 0.108 e. The van der Waals surface area contributed by atoms with Crippen LogP contribution in [0.2, 0.25) is 0 Å². The molecule has 0 N–H and O–H groups in total. The quantitative estimate of drug-likeness (QED) is 0.156. The van der Waals surface area contributed by atoms with Crippen LogP contribution < -0.4 is 0 Å². The molecule has 0 amide bonds. The lowest BCUT2D eigenvalue weighted by molar-refractivity contribution is 1.83. The van der Waals surface area contributed by atoms with E-state index in [1.54, 1.807) is 0 Å². The molecule has 0 radical (unpaired) electrons. The topological polar surface area (TPSA) is 48.8 Å². The summed E-state index contributed by atoms with van der Waals surface area (Å²) in [6.07, 6.45) is 0. The normalized spacial score (nSPS) is 7.00. The van der Waals surface area contributed by atoms with E-state index >= 15 is 0 Å². The fourth-order valence-corrected chi connectivity index (χ4v) is 0.369. The molecule has 0 rings (SSSR count). The molecule has 0 saturated heterocycles. The Labute approximate surface area is 55.6 Å². The van der Waals surface area contributed by atoms with Crippen molar-refractivity contribution in [3.8, 4) is 0 Å². The van der Waals surface area contributed by atoms with Gasteiger partial charge >= 0.3 is 0 Å². The highest BCUT2D eigenvalue weighted by atomic mass is 32.2. The third-order valence-electron chi connectivity index (χ3n) is 0.155. The first kappa shape index (κ1) is 7.10. The number of azide groups is 1. The standard InChI is InChI=1S/CHN3S3/c2-3-4-7-1(5)6/h(H,5,6). The Morgan fingerprint density at radius 3 is 2.71 bits per heavy atom. The average molecular weight is 151 g/mol. The Morgan fingerprint density at radius 1 is 2.00 bits per heavy atom. The lowest BCUT2D eigenvalue weighted by Gasteiger charge is -1.76. The van der Waals surface area contributed by atoms with Gasteiger partial charge in [-0.15, -0.1) is 12.6 Å². The summed E-state index contributed by atoms with van der Waals surface area (Å²) in [4.78, 5) is 2.43. The largest absolute Gasteiger partial charge is 0.125 e. The fourth-order valence-electron chi connectivity index (χ4n) is 0.0532. The highest BCUT2D eigenvalue weighted by molar-refractivity contribution is 8.41. The summed E-state index contributed by atoms with van der Waals surface area (Å²) < 4.78 is 3.38. The van der Waals surface area contributed by atoms with E-state index < -0.39 is 0 Å². The van der Waals surface area contributed by atoms with E-state index in [2.05, 4.69) is 34.3 Å². The van der Waals surface area contributed by atoms with Gasteiger partial charge in [0.2, 0.25) is 0 Å². The minimum atomic E-state index is 0.331. The number of hydrogen-bond acceptors (Lipinski definition) is 3. The Bertz CT molecular complexity index is 113. The van der Waals surface area contributed by atoms with Crippen LogP contribution in [0, 0.1) is 0 Å². The zero-order valence-corrected chi connectivity index (χ0v) is 5.63. The Balaban J connectivity index is 3.32. The molecule has 0 heterocycles. The highest BCUT2D eigenvalue weighted by Gasteiger charge is 1.79. The molecule has 0 bridgehead atoms. The van der Waals surface area contributed by atoms with Gasteiger partial charge in [0, 0.05) is 4.91 Å². The van der Waals surface area contributed by atoms with Gasteiger partial charge in [-0.25, -0.2) is 0 Å². The van der Waals surface area contributed by atoms with E-state index in [9.17, 15) is 0 Å². The van der Waals surface area contributed by atoms with Crippen LogP contribution >= 0.6 is 36.8 Å². The maximum atomic E-state index is 7.66. The van der Waals surface area contributed by atoms with Crippen molar-refractivity contribution in [1.82, 2.24) is 0 Å². The van der Waals surface area contributed by atoms with Crippen molar-refractivity contribution in [2.75, 3.05) is 0 Å². The molecule has 0 aliphatic carbocycles. The Kier molecular flexibility index (Phi) is 4.32. The molecule has 0 aliphatic rings. The molecule has 0 spiro atoms. The number of thiol groups is 1. The second kappa shape index (κ2) is 4.26. The van der Waals surface area contributed by atoms with E-state index in [0.29, 0.717) is 3.53 Å². The molecule has 7 heavy (non-hydrogen) atoms. The van der Waals surface area contributed by atoms with Crippen molar-refractivity contribution < 1.29 is 0 Å². The molecule has 6 heteroatoms. The maximum absolute atomic E-state index is 7.66. The summed E-state index contributed by atoms with van der Waals surface area (Å²) in [5.74, 6) is 0. The van der Waals surface area contributed by atoms with Crippen LogP contribution in [0.1, 0.15) is 0 Å². The number of thiocarbonyl (C=S) groups is 1. The zero-order valence-electron chi connectivity index (χ0n) is 3.11. The lowest BCUT2D eigenvalue weighted by Crippen LogP contribution is -1.59. The van der Waals surface area contributed by atoms with Crippen LogP contribution in [0.15, 0.2) is 4.52 Å². The summed E-state index contributed by atoms with van der Waals surface area (Å²) in [5.41, 5.74) is 7.66. The fraction of sp³-hybridized carbons (Fsp3) is 0. The van der Waals surface area contributed by atoms with Gasteiger partial charge in [-0.1, -0.05) is 12.2 Å². The third-order valence-corrected chi connectivity index (χ3v) is 0.935. The summed E-state index contributed by atoms with van der Waals surface area (Å²) >= 11 is 8.92. The highest BCUT2D eigenvalue weighted by Crippen LogP contribution is 2.07. The third kappa shape index (κ3) is 6.10. The number of nitrogens with zero attached hydrogens (tertiary/aromatic N) is 3. The van der Waals surface area contributed by atoms with Crippen LogP contribution in [0.5, 0.6) is 0 Å². The predicted molar refractivity (Wildman–Crippen MR) is 38.3 cm³/mol. The van der Waals surface area contributed by atoms with E-state index in [4.69, 9.17) is 5.53 Å². The minimum Gasteiger partial charge on any atom is -0.125 e. The van der Waals surface area contributed by atoms with Crippen LogP contribution in [-0.2, 0) is 0 Å². The summed E-state index contributed by atoms with van der Waals surface area (Å²) in [6.45, 7) is 0. The summed E-state index contributed by atoms with van der Waals surface area (Å²) in [6, 6.07) is 0. The molecule has 0 aromatic rings. The zero-order chi connectivity index (χ0) is 5.70. The predicted octanol–water partition coefficient (Wildman–Crippen LogP) is 2.16. The van der Waals surface area contributed by atoms with Crippen molar-refractivity contribution >= 4 is 40.3 Å². The average Bonchev–Trinajstić information content (AvgIpc) is 1.61. The van der Waals surface area contributed by atoms with Crippen molar-refractivity contribution in [3.05, 3.63) is 10.4 Å². The second-order valence-corrected chi connectivity index (χ2v) is 3.00. The molecular weight excluding hydrogens is 150 g/mol. The van der Waals surface area contributed by atoms with Crippen LogP contribution in [-0.4, -0.2) is 3.53 Å². The molecule has 0 atom stereocenters. The number of rotatable bonds is 1. The van der Waals surface area contributed by atoms with Gasteiger partial charge in [0.05, 0.1) is 0 Å². The second-order valence-electron chi connectivity index (χ2n) is 0.528. The molecule has 38 valence electrons. The van der Waals surface area contributed by atoms with E-state index in [0.717, 1.165) is 11.9 Å². The Hall–Kier alpha value is 0.100. The van der Waals surface area contributed by atoms with E-state index in [1.165, 1.54) is 0 Å². The van der Waals surface area contributed by atoms with Crippen LogP contribution in [0.4, 0.5) is 0 Å². The molecule has 3 nitrogen and oxygen atoms in total. The van der Waals surface area contributed by atoms with Crippen molar-refractivity contribution in [2.24, 2.45) is 4.52 Å². The van der Waals surface area contributed by atoms with E-state index in [-0.39, 0.29) is 0 Å². The lowest BCUT2D eigenvalue weighted by atomic mass is 11.9. The molecule has 0 aliphatic heterocycles.